The fraction of sp³-hybridized carbons (Fsp3) is 0.528. The molecule has 4 rings (SSSR count). The molecular formula is C36H46N6O9. The van der Waals surface area contributed by atoms with Gasteiger partial charge in [-0.25, -0.2) is 19.1 Å². The molecule has 0 unspecified atom stereocenters. The lowest BCUT2D eigenvalue weighted by atomic mass is 9.91. The zero-order chi connectivity index (χ0) is 37.7. The van der Waals surface area contributed by atoms with E-state index in [0.717, 1.165) is 0 Å². The van der Waals surface area contributed by atoms with Crippen LogP contribution in [0.1, 0.15) is 66.6 Å². The zero-order valence-corrected chi connectivity index (χ0v) is 30.1. The van der Waals surface area contributed by atoms with Gasteiger partial charge in [0, 0.05) is 0 Å². The molecule has 6 atom stereocenters. The number of nitrogen functional groups attached to an aromatic ring is 1. The number of esters is 3. The van der Waals surface area contributed by atoms with Crippen molar-refractivity contribution in [3.05, 3.63) is 60.0 Å². The average Bonchev–Trinajstić information content (AvgIpc) is 3.62. The van der Waals surface area contributed by atoms with Crippen molar-refractivity contribution in [1.82, 2.24) is 19.9 Å². The summed E-state index contributed by atoms with van der Waals surface area (Å²) >= 11 is 0. The van der Waals surface area contributed by atoms with Crippen LogP contribution < -0.4 is 11.1 Å². The van der Waals surface area contributed by atoms with Gasteiger partial charge >= 0.3 is 24.0 Å². The zero-order valence-electron chi connectivity index (χ0n) is 30.1. The minimum absolute atomic E-state index is 0.0594. The van der Waals surface area contributed by atoms with Crippen LogP contribution in [-0.4, -0.2) is 75.2 Å². The third-order valence-corrected chi connectivity index (χ3v) is 8.49. The Balaban J connectivity index is 1.79. The fourth-order valence-electron chi connectivity index (χ4n) is 5.44. The van der Waals surface area contributed by atoms with E-state index in [9.17, 15) is 24.4 Å². The molecular weight excluding hydrogens is 660 g/mol. The Morgan fingerprint density at radius 1 is 1.02 bits per heavy atom. The van der Waals surface area contributed by atoms with Gasteiger partial charge < -0.3 is 34.7 Å². The number of hydrogen-bond donors (Lipinski definition) is 2. The van der Waals surface area contributed by atoms with Gasteiger partial charge in [0.05, 0.1) is 18.0 Å². The van der Waals surface area contributed by atoms with Gasteiger partial charge in [-0.05, 0) is 50.3 Å². The monoisotopic (exact) mass is 706 g/mol. The number of carbonyl (C=O) groups is 4. The van der Waals surface area contributed by atoms with Crippen LogP contribution in [0.5, 0.6) is 0 Å². The van der Waals surface area contributed by atoms with E-state index in [4.69, 9.17) is 29.4 Å². The molecule has 1 saturated heterocycles. The largest absolute Gasteiger partial charge is 0.463 e. The molecule has 15 heteroatoms. The number of ether oxygens (including phenoxy) is 5. The molecule has 1 aromatic carbocycles. The number of hydrogen-bond acceptors (Lipinski definition) is 13. The smallest absolute Gasteiger partial charge is 0.408 e. The number of benzene rings is 1. The summed E-state index contributed by atoms with van der Waals surface area (Å²) in [4.78, 5) is 57.3. The quantitative estimate of drug-likeness (QED) is 0.203. The molecule has 1 aliphatic rings. The summed E-state index contributed by atoms with van der Waals surface area (Å²) in [6, 6.07) is 12.9. The number of rotatable bonds is 12. The second-order valence-corrected chi connectivity index (χ2v) is 14.2. The van der Waals surface area contributed by atoms with Crippen LogP contribution in [0.2, 0.25) is 0 Å². The van der Waals surface area contributed by atoms with E-state index >= 15 is 0 Å². The Morgan fingerprint density at radius 2 is 1.71 bits per heavy atom. The van der Waals surface area contributed by atoms with E-state index in [2.05, 4.69) is 21.5 Å². The standard InChI is InChI=1S/C36H46N6O9/c1-20(2)22(5)32(44)48-29-25(17-47-27(43)16-23-12-10-9-11-13-23)50-36(18-37,26-15-14-24-31(38)39-19-40-42(24)26)30(29)49-33(45)28(21(3)4)41-34(46)51-35(6,7)8/h9-15,19-22,25,28-30H,16-17H2,1-8H3,(H,41,46)(H2,38,39,40)/t22-,25+,28-,29+,30+,36-/m0/s1. The van der Waals surface area contributed by atoms with Gasteiger partial charge in [0.25, 0.3) is 0 Å². The van der Waals surface area contributed by atoms with Crippen molar-refractivity contribution in [2.24, 2.45) is 17.8 Å². The summed E-state index contributed by atoms with van der Waals surface area (Å²) < 4.78 is 30.8. The van der Waals surface area contributed by atoms with Crippen LogP contribution >= 0.6 is 0 Å². The van der Waals surface area contributed by atoms with Crippen molar-refractivity contribution in [1.29, 1.82) is 5.26 Å². The number of nitrogens with two attached hydrogens (primary N) is 1. The maximum Gasteiger partial charge on any atom is 0.408 e. The van der Waals surface area contributed by atoms with Crippen LogP contribution in [0.25, 0.3) is 5.52 Å². The van der Waals surface area contributed by atoms with Crippen LogP contribution in [0.3, 0.4) is 0 Å². The Morgan fingerprint density at radius 3 is 2.31 bits per heavy atom. The van der Waals surface area contributed by atoms with Gasteiger partial charge in [-0.2, -0.15) is 10.4 Å². The lowest BCUT2D eigenvalue weighted by Crippen LogP contribution is -2.52. The van der Waals surface area contributed by atoms with Crippen molar-refractivity contribution < 1.29 is 42.9 Å². The molecule has 0 saturated carbocycles. The average molecular weight is 707 g/mol. The second kappa shape index (κ2) is 15.8. The van der Waals surface area contributed by atoms with Gasteiger partial charge in [-0.3, -0.25) is 9.59 Å². The minimum Gasteiger partial charge on any atom is -0.463 e. The third-order valence-electron chi connectivity index (χ3n) is 8.49. The molecule has 1 amide bonds. The van der Waals surface area contributed by atoms with Crippen LogP contribution in [0, 0.1) is 29.1 Å². The van der Waals surface area contributed by atoms with Crippen LogP contribution in [-0.2, 0) is 50.1 Å². The van der Waals surface area contributed by atoms with Gasteiger partial charge in [0.2, 0.25) is 5.60 Å². The van der Waals surface area contributed by atoms with E-state index < -0.39 is 78.0 Å². The van der Waals surface area contributed by atoms with Crippen LogP contribution in [0.15, 0.2) is 48.8 Å². The first-order valence-electron chi connectivity index (χ1n) is 16.7. The number of alkyl carbamates (subject to hydrolysis) is 1. The predicted molar refractivity (Wildman–Crippen MR) is 182 cm³/mol. The van der Waals surface area contributed by atoms with Crippen LogP contribution in [0.4, 0.5) is 10.6 Å². The highest BCUT2D eigenvalue weighted by atomic mass is 16.7. The molecule has 0 bridgehead atoms. The summed E-state index contributed by atoms with van der Waals surface area (Å²) in [6.45, 7) is 13.3. The fourth-order valence-corrected chi connectivity index (χ4v) is 5.44. The number of fused-ring (bicyclic) bond motifs is 1. The Kier molecular flexibility index (Phi) is 11.9. The summed E-state index contributed by atoms with van der Waals surface area (Å²) in [6.07, 6.45) is -4.17. The van der Waals surface area contributed by atoms with E-state index in [-0.39, 0.29) is 23.9 Å². The highest BCUT2D eigenvalue weighted by molar-refractivity contribution is 5.82. The molecule has 3 N–H and O–H groups in total. The van der Waals surface area contributed by atoms with Crippen molar-refractivity contribution in [3.8, 4) is 6.07 Å². The first kappa shape index (κ1) is 38.6. The third kappa shape index (κ3) is 8.93. The predicted octanol–water partition coefficient (Wildman–Crippen LogP) is 3.88. The molecule has 274 valence electrons. The summed E-state index contributed by atoms with van der Waals surface area (Å²) in [7, 11) is 0. The number of amides is 1. The second-order valence-electron chi connectivity index (χ2n) is 14.2. The molecule has 0 radical (unpaired) electrons. The maximum atomic E-state index is 14.0. The summed E-state index contributed by atoms with van der Waals surface area (Å²) in [5.41, 5.74) is 4.14. The number of aromatic nitrogens is 3. The molecule has 3 heterocycles. The van der Waals surface area contributed by atoms with Crippen molar-refractivity contribution in [3.63, 3.8) is 0 Å². The first-order valence-corrected chi connectivity index (χ1v) is 16.7. The van der Waals surface area contributed by atoms with E-state index in [1.807, 2.05) is 19.9 Å². The molecule has 1 aliphatic heterocycles. The molecule has 51 heavy (non-hydrogen) atoms. The normalized spacial score (nSPS) is 21.5. The van der Waals surface area contributed by atoms with Crippen molar-refractivity contribution in [2.45, 2.75) is 97.4 Å². The highest BCUT2D eigenvalue weighted by Crippen LogP contribution is 2.44. The molecule has 0 aliphatic carbocycles. The van der Waals surface area contributed by atoms with Gasteiger partial charge in [-0.15, -0.1) is 0 Å². The number of anilines is 1. The number of nitriles is 1. The highest BCUT2D eigenvalue weighted by Gasteiger charge is 2.63. The molecule has 2 aromatic heterocycles. The van der Waals surface area contributed by atoms with E-state index in [1.165, 1.54) is 16.9 Å². The molecule has 0 spiro atoms. The Labute approximate surface area is 296 Å². The molecule has 15 nitrogen and oxygen atoms in total. The van der Waals surface area contributed by atoms with Gasteiger partial charge in [-0.1, -0.05) is 65.0 Å². The van der Waals surface area contributed by atoms with E-state index in [1.54, 1.807) is 71.9 Å². The first-order chi connectivity index (χ1) is 24.0. The minimum atomic E-state index is -2.20. The number of nitrogens with one attached hydrogen (secondary N) is 1. The lowest BCUT2D eigenvalue weighted by molar-refractivity contribution is -0.174. The lowest BCUT2D eigenvalue weighted by Gasteiger charge is -2.31. The SMILES string of the molecule is CC(C)[C@H](C)C(=O)O[C@H]1[C@@H](OC(=O)[C@@H](NC(=O)OC(C)(C)C)C(C)C)[C@](C#N)(c2ccc3c(N)ncnn23)O[C@@H]1COC(=O)Cc1ccccc1. The molecule has 3 aromatic rings. The number of carbonyl (C=O) groups excluding carboxylic acids is 4. The van der Waals surface area contributed by atoms with E-state index in [0.29, 0.717) is 11.1 Å². The van der Waals surface area contributed by atoms with Gasteiger partial charge in [0.1, 0.15) is 42.3 Å². The topological polar surface area (TPSA) is 206 Å². The van der Waals surface area contributed by atoms with Gasteiger partial charge in [0.15, 0.2) is 18.0 Å². The summed E-state index contributed by atoms with van der Waals surface area (Å²) in [5, 5.41) is 17.8. The van der Waals surface area contributed by atoms with Crippen molar-refractivity contribution in [2.75, 3.05) is 12.3 Å². The number of nitrogens with zero attached hydrogens (tertiary/aromatic N) is 4. The molecule has 1 fully saturated rings. The van der Waals surface area contributed by atoms with Crippen molar-refractivity contribution >= 4 is 35.3 Å². The Bertz CT molecular complexity index is 1760. The maximum absolute atomic E-state index is 14.0. The summed E-state index contributed by atoms with van der Waals surface area (Å²) in [5.74, 6) is -3.39. The Hall–Kier alpha value is -5.23.